The summed E-state index contributed by atoms with van der Waals surface area (Å²) in [5.41, 5.74) is 4.21. The van der Waals surface area contributed by atoms with Gasteiger partial charge in [0.25, 0.3) is 0 Å². The van der Waals surface area contributed by atoms with Crippen LogP contribution in [-0.2, 0) is 15.8 Å². The smallest absolute Gasteiger partial charge is 0.134 e. The molecular weight excluding hydrogens is 396 g/mol. The van der Waals surface area contributed by atoms with Crippen LogP contribution in [0.4, 0.5) is 5.82 Å². The third-order valence-electron chi connectivity index (χ3n) is 6.95. The van der Waals surface area contributed by atoms with Gasteiger partial charge >= 0.3 is 0 Å². The lowest BCUT2D eigenvalue weighted by Crippen LogP contribution is -2.45. The molecular formula is C27H32N4O. The topological polar surface area (TPSA) is 51.1 Å². The van der Waals surface area contributed by atoms with Gasteiger partial charge in [0.15, 0.2) is 0 Å². The lowest BCUT2D eigenvalue weighted by Gasteiger charge is -2.41. The number of fused-ring (bicyclic) bond motifs is 1. The molecule has 0 amide bonds. The van der Waals surface area contributed by atoms with Gasteiger partial charge in [-0.3, -0.25) is 0 Å². The molecule has 0 saturated carbocycles. The second kappa shape index (κ2) is 8.14. The third-order valence-corrected chi connectivity index (χ3v) is 6.95. The molecule has 32 heavy (non-hydrogen) atoms. The van der Waals surface area contributed by atoms with E-state index in [1.54, 1.807) is 0 Å². The van der Waals surface area contributed by atoms with E-state index in [-0.39, 0.29) is 17.1 Å². The van der Waals surface area contributed by atoms with E-state index in [9.17, 15) is 0 Å². The highest BCUT2D eigenvalue weighted by Gasteiger charge is 2.38. The molecule has 3 aromatic rings. The monoisotopic (exact) mass is 428 g/mol. The first-order chi connectivity index (χ1) is 15.5. The van der Waals surface area contributed by atoms with Crippen molar-refractivity contribution < 1.29 is 4.74 Å². The van der Waals surface area contributed by atoms with E-state index in [2.05, 4.69) is 96.4 Å². The van der Waals surface area contributed by atoms with Crippen molar-refractivity contribution in [3.8, 4) is 0 Å². The molecule has 2 N–H and O–H groups in total. The number of benzene rings is 2. The van der Waals surface area contributed by atoms with Crippen LogP contribution in [-0.4, -0.2) is 23.0 Å². The second-order valence-corrected chi connectivity index (χ2v) is 9.61. The largest absolute Gasteiger partial charge is 0.381 e. The van der Waals surface area contributed by atoms with E-state index in [1.807, 2.05) is 6.20 Å². The molecule has 0 aliphatic carbocycles. The maximum Gasteiger partial charge on any atom is 0.134 e. The van der Waals surface area contributed by atoms with E-state index in [0.717, 1.165) is 49.6 Å². The Kier molecular flexibility index (Phi) is 5.30. The maximum absolute atomic E-state index is 5.70. The Morgan fingerprint density at radius 1 is 1.06 bits per heavy atom. The van der Waals surface area contributed by atoms with E-state index in [1.165, 1.54) is 11.1 Å². The molecule has 1 unspecified atom stereocenters. The summed E-state index contributed by atoms with van der Waals surface area (Å²) in [5.74, 6) is 1.03. The molecule has 166 valence electrons. The average Bonchev–Trinajstić information content (AvgIpc) is 3.26. The Bertz CT molecular complexity index is 1080. The molecule has 5 rings (SSSR count). The summed E-state index contributed by atoms with van der Waals surface area (Å²) in [6, 6.07) is 21.6. The molecule has 3 heterocycles. The molecule has 1 atom stereocenters. The van der Waals surface area contributed by atoms with Gasteiger partial charge in [-0.05, 0) is 44.2 Å². The predicted molar refractivity (Wildman–Crippen MR) is 129 cm³/mol. The molecule has 0 spiro atoms. The average molecular weight is 429 g/mol. The van der Waals surface area contributed by atoms with E-state index in [0.29, 0.717) is 0 Å². The molecule has 1 fully saturated rings. The van der Waals surface area contributed by atoms with Crippen LogP contribution in [0.3, 0.4) is 0 Å². The number of hydrogen-bond donors (Lipinski definition) is 2. The molecule has 1 saturated heterocycles. The predicted octanol–water partition coefficient (Wildman–Crippen LogP) is 5.44. The summed E-state index contributed by atoms with van der Waals surface area (Å²) < 4.78 is 7.82. The Morgan fingerprint density at radius 3 is 2.41 bits per heavy atom. The van der Waals surface area contributed by atoms with E-state index >= 15 is 0 Å². The number of anilines is 1. The fourth-order valence-electron chi connectivity index (χ4n) is 5.17. The van der Waals surface area contributed by atoms with Crippen LogP contribution in [0, 0.1) is 0 Å². The minimum absolute atomic E-state index is 0.102. The Balaban J connectivity index is 1.47. The summed E-state index contributed by atoms with van der Waals surface area (Å²) in [6.45, 7) is 10.5. The van der Waals surface area contributed by atoms with Crippen LogP contribution < -0.4 is 10.6 Å². The van der Waals surface area contributed by atoms with Crippen molar-refractivity contribution in [1.29, 1.82) is 0 Å². The van der Waals surface area contributed by atoms with Crippen molar-refractivity contribution in [2.24, 2.45) is 0 Å². The standard InChI is InChI=1S/C27H32N4O/c1-20(30-27(14-16-32-17-15-27)22-12-8-5-9-13-22)23-19-28-31-25(23)29-24(18-26(31,2)3)21-10-6-4-7-11-21/h4-13,19,24,29-30H,1,14-18H2,2-3H3. The first-order valence-electron chi connectivity index (χ1n) is 11.5. The van der Waals surface area contributed by atoms with Crippen LogP contribution in [0.25, 0.3) is 5.70 Å². The van der Waals surface area contributed by atoms with Gasteiger partial charge in [-0.2, -0.15) is 5.10 Å². The zero-order valence-electron chi connectivity index (χ0n) is 19.0. The SMILES string of the molecule is C=C(NC1(c2ccccc2)CCOCC1)c1cnn2c1NC(c1ccccc1)CC2(C)C. The molecule has 2 aliphatic heterocycles. The third kappa shape index (κ3) is 3.71. The van der Waals surface area contributed by atoms with Gasteiger partial charge in [0.2, 0.25) is 0 Å². The highest BCUT2D eigenvalue weighted by Crippen LogP contribution is 2.42. The van der Waals surface area contributed by atoms with Crippen molar-refractivity contribution in [1.82, 2.24) is 15.1 Å². The second-order valence-electron chi connectivity index (χ2n) is 9.61. The van der Waals surface area contributed by atoms with Gasteiger partial charge in [-0.25, -0.2) is 4.68 Å². The minimum atomic E-state index is -0.186. The van der Waals surface area contributed by atoms with Crippen molar-refractivity contribution >= 4 is 11.5 Å². The quantitative estimate of drug-likeness (QED) is 0.568. The number of nitrogens with zero attached hydrogens (tertiary/aromatic N) is 2. The highest BCUT2D eigenvalue weighted by atomic mass is 16.5. The number of ether oxygens (including phenoxy) is 1. The lowest BCUT2D eigenvalue weighted by molar-refractivity contribution is 0.0434. The molecule has 2 aromatic carbocycles. The summed E-state index contributed by atoms with van der Waals surface area (Å²) in [6.07, 6.45) is 4.73. The van der Waals surface area contributed by atoms with Crippen LogP contribution in [0.5, 0.6) is 0 Å². The van der Waals surface area contributed by atoms with Gasteiger partial charge < -0.3 is 15.4 Å². The summed E-state index contributed by atoms with van der Waals surface area (Å²) in [4.78, 5) is 0. The first kappa shape index (κ1) is 20.8. The fourth-order valence-corrected chi connectivity index (χ4v) is 5.17. The van der Waals surface area contributed by atoms with Crippen molar-refractivity contribution in [3.05, 3.63) is 90.1 Å². The lowest BCUT2D eigenvalue weighted by atomic mass is 9.82. The molecule has 0 bridgehead atoms. The highest BCUT2D eigenvalue weighted by molar-refractivity contribution is 5.73. The maximum atomic E-state index is 5.70. The molecule has 5 nitrogen and oxygen atoms in total. The van der Waals surface area contributed by atoms with E-state index < -0.39 is 0 Å². The normalized spacial score (nSPS) is 21.2. The van der Waals surface area contributed by atoms with Gasteiger partial charge in [-0.15, -0.1) is 0 Å². The van der Waals surface area contributed by atoms with Gasteiger partial charge in [0.05, 0.1) is 28.9 Å². The summed E-state index contributed by atoms with van der Waals surface area (Å²) in [7, 11) is 0. The van der Waals surface area contributed by atoms with Gasteiger partial charge in [-0.1, -0.05) is 67.2 Å². The Labute approximate surface area is 190 Å². The van der Waals surface area contributed by atoms with Crippen molar-refractivity contribution in [3.63, 3.8) is 0 Å². The van der Waals surface area contributed by atoms with Crippen LogP contribution in [0.15, 0.2) is 73.4 Å². The summed E-state index contributed by atoms with van der Waals surface area (Å²) in [5, 5.41) is 12.4. The van der Waals surface area contributed by atoms with Crippen molar-refractivity contribution in [2.75, 3.05) is 18.5 Å². The first-order valence-corrected chi connectivity index (χ1v) is 11.5. The molecule has 0 radical (unpaired) electrons. The van der Waals surface area contributed by atoms with Crippen LogP contribution in [0.2, 0.25) is 0 Å². The molecule has 5 heteroatoms. The van der Waals surface area contributed by atoms with Gasteiger partial charge in [0, 0.05) is 18.9 Å². The zero-order chi connectivity index (χ0) is 22.2. The molecule has 1 aromatic heterocycles. The van der Waals surface area contributed by atoms with Gasteiger partial charge in [0.1, 0.15) is 5.82 Å². The Morgan fingerprint density at radius 2 is 1.72 bits per heavy atom. The zero-order valence-corrected chi connectivity index (χ0v) is 19.0. The number of aromatic nitrogens is 2. The number of hydrogen-bond acceptors (Lipinski definition) is 4. The Hall–Kier alpha value is -3.05. The number of rotatable bonds is 5. The number of nitrogens with one attached hydrogen (secondary N) is 2. The summed E-state index contributed by atoms with van der Waals surface area (Å²) >= 11 is 0. The van der Waals surface area contributed by atoms with Crippen LogP contribution >= 0.6 is 0 Å². The molecule has 2 aliphatic rings. The van der Waals surface area contributed by atoms with E-state index in [4.69, 9.17) is 9.84 Å². The van der Waals surface area contributed by atoms with Crippen LogP contribution in [0.1, 0.15) is 55.8 Å². The fraction of sp³-hybridized carbons (Fsp3) is 0.370. The van der Waals surface area contributed by atoms with Crippen molar-refractivity contribution in [2.45, 2.75) is 50.2 Å². The minimum Gasteiger partial charge on any atom is -0.381 e.